The number of amides is 2. The summed E-state index contributed by atoms with van der Waals surface area (Å²) in [5.74, 6) is 0.0370. The van der Waals surface area contributed by atoms with Crippen molar-refractivity contribution < 1.29 is 14.3 Å². The Kier molecular flexibility index (Phi) is 5.85. The van der Waals surface area contributed by atoms with Crippen LogP contribution in [0.3, 0.4) is 0 Å². The lowest BCUT2D eigenvalue weighted by molar-refractivity contribution is -0.147. The minimum atomic E-state index is -0.828. The first-order valence-electron chi connectivity index (χ1n) is 9.09. The van der Waals surface area contributed by atoms with E-state index in [0.29, 0.717) is 57.1 Å². The molecule has 6 nitrogen and oxygen atoms in total. The van der Waals surface area contributed by atoms with Gasteiger partial charge in [0.2, 0.25) is 11.8 Å². The van der Waals surface area contributed by atoms with Gasteiger partial charge in [0.25, 0.3) is 0 Å². The normalized spacial score (nSPS) is 23.0. The maximum absolute atomic E-state index is 12.9. The van der Waals surface area contributed by atoms with E-state index in [-0.39, 0.29) is 17.9 Å². The van der Waals surface area contributed by atoms with E-state index in [2.05, 4.69) is 0 Å². The van der Waals surface area contributed by atoms with Crippen molar-refractivity contribution in [3.05, 3.63) is 34.9 Å². The van der Waals surface area contributed by atoms with E-state index in [0.717, 1.165) is 5.56 Å². The van der Waals surface area contributed by atoms with Crippen LogP contribution >= 0.6 is 11.6 Å². The van der Waals surface area contributed by atoms with Crippen molar-refractivity contribution in [2.24, 2.45) is 5.73 Å². The summed E-state index contributed by atoms with van der Waals surface area (Å²) in [6.07, 6.45) is 1.42. The fourth-order valence-electron chi connectivity index (χ4n) is 3.70. The molecule has 2 heterocycles. The van der Waals surface area contributed by atoms with Crippen LogP contribution in [0.25, 0.3) is 0 Å². The third-order valence-corrected chi connectivity index (χ3v) is 5.53. The SMILES string of the molecule is CC1CN(C(=O)C2(N)CCOCC2)CCN1C(=O)Cc1cccc(Cl)c1. The van der Waals surface area contributed by atoms with Gasteiger partial charge in [-0.15, -0.1) is 0 Å². The fourth-order valence-corrected chi connectivity index (χ4v) is 3.91. The topological polar surface area (TPSA) is 75.9 Å². The number of hydrogen-bond acceptors (Lipinski definition) is 4. The summed E-state index contributed by atoms with van der Waals surface area (Å²) in [6.45, 7) is 4.58. The molecule has 0 spiro atoms. The number of benzene rings is 1. The van der Waals surface area contributed by atoms with Gasteiger partial charge in [-0.1, -0.05) is 23.7 Å². The second kappa shape index (κ2) is 7.94. The molecular weight excluding hydrogens is 354 g/mol. The minimum absolute atomic E-state index is 0.0189. The Balaban J connectivity index is 1.59. The summed E-state index contributed by atoms with van der Waals surface area (Å²) < 4.78 is 5.32. The summed E-state index contributed by atoms with van der Waals surface area (Å²) in [4.78, 5) is 29.2. The molecule has 1 aromatic carbocycles. The van der Waals surface area contributed by atoms with Crippen LogP contribution in [-0.2, 0) is 20.7 Å². The van der Waals surface area contributed by atoms with Gasteiger partial charge < -0.3 is 20.3 Å². The molecule has 2 amide bonds. The van der Waals surface area contributed by atoms with E-state index < -0.39 is 5.54 Å². The molecule has 142 valence electrons. The lowest BCUT2D eigenvalue weighted by Gasteiger charge is -2.44. The molecule has 2 saturated heterocycles. The van der Waals surface area contributed by atoms with E-state index >= 15 is 0 Å². The van der Waals surface area contributed by atoms with E-state index in [1.807, 2.05) is 30.0 Å². The van der Waals surface area contributed by atoms with Crippen molar-refractivity contribution >= 4 is 23.4 Å². The Bertz CT molecular complexity index is 676. The average Bonchev–Trinajstić information content (AvgIpc) is 2.61. The van der Waals surface area contributed by atoms with Crippen molar-refractivity contribution in [3.8, 4) is 0 Å². The van der Waals surface area contributed by atoms with Crippen LogP contribution in [0, 0.1) is 0 Å². The Labute approximate surface area is 159 Å². The Morgan fingerprint density at radius 2 is 2.04 bits per heavy atom. The third-order valence-electron chi connectivity index (χ3n) is 5.29. The smallest absolute Gasteiger partial charge is 0.242 e. The molecular formula is C19H26ClN3O3. The Hall–Kier alpha value is -1.63. The van der Waals surface area contributed by atoms with Gasteiger partial charge in [-0.2, -0.15) is 0 Å². The number of carbonyl (C=O) groups excluding carboxylic acids is 2. The number of hydrogen-bond donors (Lipinski definition) is 1. The lowest BCUT2D eigenvalue weighted by atomic mass is 9.89. The van der Waals surface area contributed by atoms with Gasteiger partial charge in [-0.05, 0) is 37.5 Å². The highest BCUT2D eigenvalue weighted by Gasteiger charge is 2.41. The van der Waals surface area contributed by atoms with Crippen LogP contribution in [0.5, 0.6) is 0 Å². The zero-order valence-electron chi connectivity index (χ0n) is 15.1. The highest BCUT2D eigenvalue weighted by Crippen LogP contribution is 2.23. The van der Waals surface area contributed by atoms with Crippen LogP contribution in [0.4, 0.5) is 0 Å². The van der Waals surface area contributed by atoms with E-state index in [9.17, 15) is 9.59 Å². The number of ether oxygens (including phenoxy) is 1. The first kappa shape index (κ1) is 19.1. The summed E-state index contributed by atoms with van der Waals surface area (Å²) in [5, 5.41) is 0.628. The van der Waals surface area contributed by atoms with Crippen molar-refractivity contribution in [2.45, 2.75) is 37.8 Å². The summed E-state index contributed by atoms with van der Waals surface area (Å²) in [7, 11) is 0. The second-order valence-corrected chi connectivity index (χ2v) is 7.70. The summed E-state index contributed by atoms with van der Waals surface area (Å²) in [6, 6.07) is 7.31. The van der Waals surface area contributed by atoms with Gasteiger partial charge >= 0.3 is 0 Å². The molecule has 7 heteroatoms. The number of piperazine rings is 1. The molecule has 1 atom stereocenters. The molecule has 26 heavy (non-hydrogen) atoms. The molecule has 2 fully saturated rings. The predicted octanol–water partition coefficient (Wildman–Crippen LogP) is 1.45. The lowest BCUT2D eigenvalue weighted by Crippen LogP contribution is -2.63. The Morgan fingerprint density at radius 1 is 1.31 bits per heavy atom. The van der Waals surface area contributed by atoms with Crippen LogP contribution < -0.4 is 5.73 Å². The largest absolute Gasteiger partial charge is 0.381 e. The van der Waals surface area contributed by atoms with Gasteiger partial charge in [0.05, 0.1) is 12.0 Å². The van der Waals surface area contributed by atoms with Gasteiger partial charge in [-0.3, -0.25) is 9.59 Å². The highest BCUT2D eigenvalue weighted by atomic mass is 35.5. The quantitative estimate of drug-likeness (QED) is 0.862. The van der Waals surface area contributed by atoms with Crippen LogP contribution in [0.15, 0.2) is 24.3 Å². The van der Waals surface area contributed by atoms with Gasteiger partial charge in [0.1, 0.15) is 0 Å². The molecule has 1 aromatic rings. The van der Waals surface area contributed by atoms with Crippen molar-refractivity contribution in [1.82, 2.24) is 9.80 Å². The monoisotopic (exact) mass is 379 g/mol. The van der Waals surface area contributed by atoms with E-state index in [4.69, 9.17) is 22.1 Å². The molecule has 2 N–H and O–H groups in total. The third kappa shape index (κ3) is 4.19. The summed E-state index contributed by atoms with van der Waals surface area (Å²) >= 11 is 5.99. The number of carbonyl (C=O) groups is 2. The second-order valence-electron chi connectivity index (χ2n) is 7.26. The molecule has 0 saturated carbocycles. The number of nitrogens with two attached hydrogens (primary N) is 1. The van der Waals surface area contributed by atoms with Crippen LogP contribution in [0.1, 0.15) is 25.3 Å². The van der Waals surface area contributed by atoms with Crippen molar-refractivity contribution in [1.29, 1.82) is 0 Å². The average molecular weight is 380 g/mol. The van der Waals surface area contributed by atoms with Gasteiger partial charge in [0.15, 0.2) is 0 Å². The molecule has 0 aromatic heterocycles. The molecule has 0 bridgehead atoms. The molecule has 2 aliphatic heterocycles. The highest BCUT2D eigenvalue weighted by molar-refractivity contribution is 6.30. The van der Waals surface area contributed by atoms with Crippen molar-refractivity contribution in [2.75, 3.05) is 32.8 Å². The zero-order valence-corrected chi connectivity index (χ0v) is 15.9. The van der Waals surface area contributed by atoms with Gasteiger partial charge in [-0.25, -0.2) is 0 Å². The molecule has 0 aliphatic carbocycles. The van der Waals surface area contributed by atoms with E-state index in [1.165, 1.54) is 0 Å². The molecule has 2 aliphatic rings. The number of rotatable bonds is 3. The molecule has 0 radical (unpaired) electrons. The van der Waals surface area contributed by atoms with Crippen LogP contribution in [-0.4, -0.2) is 66.0 Å². The molecule has 1 unspecified atom stereocenters. The zero-order chi connectivity index (χ0) is 18.7. The molecule has 3 rings (SSSR count). The summed E-state index contributed by atoms with van der Waals surface area (Å²) in [5.41, 5.74) is 6.40. The Morgan fingerprint density at radius 3 is 2.69 bits per heavy atom. The van der Waals surface area contributed by atoms with Gasteiger partial charge in [0, 0.05) is 43.9 Å². The number of halogens is 1. The van der Waals surface area contributed by atoms with Crippen molar-refractivity contribution in [3.63, 3.8) is 0 Å². The van der Waals surface area contributed by atoms with Crippen LogP contribution in [0.2, 0.25) is 5.02 Å². The maximum Gasteiger partial charge on any atom is 0.242 e. The standard InChI is InChI=1S/C19H26ClN3O3/c1-14-13-22(18(25)19(21)5-9-26-10-6-19)7-8-23(14)17(24)12-15-3-2-4-16(20)11-15/h2-4,11,14H,5-10,12-13,21H2,1H3. The van der Waals surface area contributed by atoms with E-state index in [1.54, 1.807) is 11.0 Å². The first-order valence-corrected chi connectivity index (χ1v) is 9.47. The first-order chi connectivity index (χ1) is 12.4. The minimum Gasteiger partial charge on any atom is -0.381 e. The maximum atomic E-state index is 12.9. The number of nitrogens with zero attached hydrogens (tertiary/aromatic N) is 2. The predicted molar refractivity (Wildman–Crippen MR) is 99.9 cm³/mol. The fraction of sp³-hybridized carbons (Fsp3) is 0.579.